The molecule has 2 heterocycles. The van der Waals surface area contributed by atoms with Gasteiger partial charge in [-0.2, -0.15) is 0 Å². The number of carbonyl (C=O) groups excluding carboxylic acids is 1. The Kier molecular flexibility index (Phi) is 6.54. The molecule has 26 heavy (non-hydrogen) atoms. The summed E-state index contributed by atoms with van der Waals surface area (Å²) in [5, 5.41) is 21.5. The normalized spacial score (nSPS) is 17.8. The van der Waals surface area contributed by atoms with Crippen molar-refractivity contribution in [1.29, 1.82) is 0 Å². The number of likely N-dealkylation sites (tertiary alicyclic amines) is 1. The Morgan fingerprint density at radius 2 is 2.15 bits per heavy atom. The highest BCUT2D eigenvalue weighted by molar-refractivity contribution is 7.13. The van der Waals surface area contributed by atoms with Crippen molar-refractivity contribution in [2.45, 2.75) is 38.3 Å². The molecular weight excluding hydrogens is 352 g/mol. The van der Waals surface area contributed by atoms with Gasteiger partial charge < -0.3 is 15.2 Å². The van der Waals surface area contributed by atoms with Gasteiger partial charge in [-0.25, -0.2) is 0 Å². The van der Waals surface area contributed by atoms with Gasteiger partial charge in [-0.1, -0.05) is 17.8 Å². The summed E-state index contributed by atoms with van der Waals surface area (Å²) in [7, 11) is 1.60. The first-order valence-corrected chi connectivity index (χ1v) is 9.64. The molecule has 2 aromatic rings. The molecule has 1 atom stereocenters. The maximum absolute atomic E-state index is 12.4. The van der Waals surface area contributed by atoms with Gasteiger partial charge in [0.05, 0.1) is 13.7 Å². The Hall–Kier alpha value is -2.03. The van der Waals surface area contributed by atoms with Crippen molar-refractivity contribution in [3.63, 3.8) is 0 Å². The van der Waals surface area contributed by atoms with Crippen molar-refractivity contribution < 1.29 is 14.6 Å². The molecule has 1 unspecified atom stereocenters. The van der Waals surface area contributed by atoms with Crippen LogP contribution in [0.2, 0.25) is 0 Å². The minimum Gasteiger partial charge on any atom is -0.497 e. The van der Waals surface area contributed by atoms with E-state index in [1.54, 1.807) is 31.4 Å². The van der Waals surface area contributed by atoms with Crippen LogP contribution in [0.1, 0.15) is 40.5 Å². The summed E-state index contributed by atoms with van der Waals surface area (Å²) in [6.07, 6.45) is 4.24. The van der Waals surface area contributed by atoms with Crippen LogP contribution in [-0.4, -0.2) is 52.4 Å². The number of nitrogens with one attached hydrogen (secondary N) is 1. The van der Waals surface area contributed by atoms with Crippen molar-refractivity contribution in [3.05, 3.63) is 34.3 Å². The molecule has 0 saturated carbocycles. The van der Waals surface area contributed by atoms with Crippen molar-refractivity contribution in [3.8, 4) is 5.75 Å². The molecule has 0 radical (unpaired) electrons. The molecule has 0 bridgehead atoms. The number of hydrogen-bond donors (Lipinski definition) is 2. The zero-order valence-electron chi connectivity index (χ0n) is 14.9. The highest BCUT2D eigenvalue weighted by atomic mass is 32.1. The van der Waals surface area contributed by atoms with Crippen LogP contribution in [0.3, 0.4) is 0 Å². The molecule has 0 spiro atoms. The number of nitrogens with zero attached hydrogens (tertiary/aromatic N) is 3. The third-order valence-corrected chi connectivity index (χ3v) is 5.47. The van der Waals surface area contributed by atoms with Crippen molar-refractivity contribution in [2.24, 2.45) is 0 Å². The quantitative estimate of drug-likeness (QED) is 0.772. The van der Waals surface area contributed by atoms with Gasteiger partial charge in [-0.05, 0) is 50.1 Å². The van der Waals surface area contributed by atoms with Gasteiger partial charge in [0.25, 0.3) is 5.91 Å². The van der Waals surface area contributed by atoms with Crippen LogP contribution in [0.4, 0.5) is 5.69 Å². The zero-order valence-corrected chi connectivity index (χ0v) is 15.7. The monoisotopic (exact) mass is 376 g/mol. The summed E-state index contributed by atoms with van der Waals surface area (Å²) >= 11 is 1.32. The predicted molar refractivity (Wildman–Crippen MR) is 101 cm³/mol. The maximum Gasteiger partial charge on any atom is 0.286 e. The lowest BCUT2D eigenvalue weighted by molar-refractivity contribution is 0.102. The van der Waals surface area contributed by atoms with E-state index < -0.39 is 0 Å². The van der Waals surface area contributed by atoms with Gasteiger partial charge in [0, 0.05) is 18.3 Å². The Bertz CT molecular complexity index is 717. The molecule has 1 aliphatic rings. The number of aromatic nitrogens is 2. The van der Waals surface area contributed by atoms with Gasteiger partial charge >= 0.3 is 0 Å². The number of aliphatic hydroxyl groups excluding tert-OH is 1. The van der Waals surface area contributed by atoms with Crippen LogP contribution in [0, 0.1) is 0 Å². The Balaban J connectivity index is 1.60. The first-order chi connectivity index (χ1) is 12.7. The van der Waals surface area contributed by atoms with Crippen LogP contribution in [0.25, 0.3) is 0 Å². The average Bonchev–Trinajstić information content (AvgIpc) is 3.13. The van der Waals surface area contributed by atoms with E-state index in [4.69, 9.17) is 4.74 Å². The molecule has 1 aromatic heterocycles. The summed E-state index contributed by atoms with van der Waals surface area (Å²) in [6, 6.07) is 7.53. The van der Waals surface area contributed by atoms with E-state index in [1.165, 1.54) is 17.8 Å². The number of rotatable bonds is 7. The minimum absolute atomic E-state index is 0.201. The second-order valence-electron chi connectivity index (χ2n) is 6.32. The van der Waals surface area contributed by atoms with Gasteiger partial charge in [0.15, 0.2) is 0 Å². The van der Waals surface area contributed by atoms with Gasteiger partial charge in [-0.3, -0.25) is 9.69 Å². The van der Waals surface area contributed by atoms with Gasteiger partial charge in [0.2, 0.25) is 5.01 Å². The smallest absolute Gasteiger partial charge is 0.286 e. The van der Waals surface area contributed by atoms with E-state index in [1.807, 2.05) is 0 Å². The summed E-state index contributed by atoms with van der Waals surface area (Å²) < 4.78 is 5.11. The molecule has 1 aromatic carbocycles. The number of aliphatic hydroxyl groups is 1. The highest BCUT2D eigenvalue weighted by Gasteiger charge is 2.23. The molecule has 1 aliphatic heterocycles. The third kappa shape index (κ3) is 4.78. The number of benzene rings is 1. The van der Waals surface area contributed by atoms with Crippen LogP contribution in [0.5, 0.6) is 5.75 Å². The summed E-state index contributed by atoms with van der Waals surface area (Å²) in [6.45, 7) is 1.88. The fourth-order valence-corrected chi connectivity index (χ4v) is 3.95. The van der Waals surface area contributed by atoms with E-state index in [-0.39, 0.29) is 12.5 Å². The molecule has 1 saturated heterocycles. The molecule has 3 rings (SSSR count). The lowest BCUT2D eigenvalue weighted by Gasteiger charge is -2.34. The van der Waals surface area contributed by atoms with Crippen LogP contribution >= 0.6 is 11.3 Å². The molecule has 1 amide bonds. The van der Waals surface area contributed by atoms with Crippen molar-refractivity contribution >= 4 is 22.9 Å². The molecule has 7 nitrogen and oxygen atoms in total. The van der Waals surface area contributed by atoms with Gasteiger partial charge in [-0.15, -0.1) is 10.2 Å². The lowest BCUT2D eigenvalue weighted by atomic mass is 10.00. The Morgan fingerprint density at radius 1 is 1.35 bits per heavy atom. The predicted octanol–water partition coefficient (Wildman–Crippen LogP) is 2.54. The number of ether oxygens (including phenoxy) is 1. The molecule has 2 N–H and O–H groups in total. The fourth-order valence-electron chi connectivity index (χ4n) is 3.19. The largest absolute Gasteiger partial charge is 0.497 e. The number of anilines is 1. The molecule has 140 valence electrons. The maximum atomic E-state index is 12.4. The van der Waals surface area contributed by atoms with Crippen LogP contribution in [-0.2, 0) is 6.54 Å². The standard InChI is InChI=1S/C18H24N4O3S/c1-25-15-7-5-13(6-8-15)19-17(24)18-21-20-16(26-18)12-22-10-3-2-4-14(22)9-11-23/h5-8,14,23H,2-4,9-12H2,1H3,(H,19,24). The minimum atomic E-state index is -0.260. The average molecular weight is 376 g/mol. The summed E-state index contributed by atoms with van der Waals surface area (Å²) in [5.74, 6) is 0.477. The number of hydrogen-bond acceptors (Lipinski definition) is 7. The van der Waals surface area contributed by atoms with Gasteiger partial charge in [0.1, 0.15) is 10.8 Å². The first-order valence-electron chi connectivity index (χ1n) is 8.82. The molecular formula is C18H24N4O3S. The van der Waals surface area contributed by atoms with Crippen molar-refractivity contribution in [1.82, 2.24) is 15.1 Å². The Labute approximate surface area is 157 Å². The molecule has 1 fully saturated rings. The number of carbonyl (C=O) groups is 1. The summed E-state index contributed by atoms with van der Waals surface area (Å²) in [5.41, 5.74) is 0.687. The second kappa shape index (κ2) is 9.07. The number of piperidine rings is 1. The van der Waals surface area contributed by atoms with E-state index in [0.29, 0.717) is 23.3 Å². The SMILES string of the molecule is COc1ccc(NC(=O)c2nnc(CN3CCCCC3CCO)s2)cc1. The first kappa shape index (κ1) is 18.8. The van der Waals surface area contributed by atoms with Crippen molar-refractivity contribution in [2.75, 3.05) is 25.6 Å². The highest BCUT2D eigenvalue weighted by Crippen LogP contribution is 2.23. The zero-order chi connectivity index (χ0) is 18.4. The van der Waals surface area contributed by atoms with E-state index >= 15 is 0 Å². The second-order valence-corrected chi connectivity index (χ2v) is 7.38. The lowest BCUT2D eigenvalue weighted by Crippen LogP contribution is -2.39. The van der Waals surface area contributed by atoms with E-state index in [9.17, 15) is 9.90 Å². The number of amides is 1. The summed E-state index contributed by atoms with van der Waals surface area (Å²) in [4.78, 5) is 14.7. The number of methoxy groups -OCH3 is 1. The molecule has 8 heteroatoms. The van der Waals surface area contributed by atoms with Crippen LogP contribution in [0.15, 0.2) is 24.3 Å². The molecule has 0 aliphatic carbocycles. The Morgan fingerprint density at radius 3 is 2.88 bits per heavy atom. The van der Waals surface area contributed by atoms with Crippen LogP contribution < -0.4 is 10.1 Å². The third-order valence-electron chi connectivity index (χ3n) is 4.56. The topological polar surface area (TPSA) is 87.6 Å². The van der Waals surface area contributed by atoms with E-state index in [2.05, 4.69) is 20.4 Å². The van der Waals surface area contributed by atoms with E-state index in [0.717, 1.165) is 36.6 Å². The fraction of sp³-hybridized carbons (Fsp3) is 0.500.